The summed E-state index contributed by atoms with van der Waals surface area (Å²) < 4.78 is 32.5. The minimum absolute atomic E-state index is 0.0342. The zero-order valence-corrected chi connectivity index (χ0v) is 14.1. The normalized spacial score (nSPS) is 11.4. The minimum Gasteiger partial charge on any atom is -0.477 e. The molecule has 0 spiro atoms. The van der Waals surface area contributed by atoms with E-state index in [0.717, 1.165) is 11.3 Å². The van der Waals surface area contributed by atoms with Crippen LogP contribution in [0.25, 0.3) is 10.4 Å². The van der Waals surface area contributed by atoms with Crippen molar-refractivity contribution < 1.29 is 22.7 Å². The Morgan fingerprint density at radius 3 is 2.62 bits per heavy atom. The third kappa shape index (κ3) is 3.06. The Bertz CT molecular complexity index is 987. The zero-order valence-electron chi connectivity index (χ0n) is 12.5. The molecule has 0 radical (unpaired) electrons. The van der Waals surface area contributed by atoms with Crippen molar-refractivity contribution in [1.82, 2.24) is 0 Å². The van der Waals surface area contributed by atoms with Crippen LogP contribution in [0.5, 0.6) is 0 Å². The van der Waals surface area contributed by atoms with Gasteiger partial charge in [-0.3, -0.25) is 4.72 Å². The van der Waals surface area contributed by atoms with E-state index in [1.54, 1.807) is 31.2 Å². The van der Waals surface area contributed by atoms with Gasteiger partial charge in [-0.25, -0.2) is 13.2 Å². The van der Waals surface area contributed by atoms with Gasteiger partial charge in [0.15, 0.2) is 0 Å². The molecule has 0 aliphatic carbocycles. The number of hydrogen-bond acceptors (Lipinski definition) is 5. The van der Waals surface area contributed by atoms with Crippen LogP contribution in [0.3, 0.4) is 0 Å². The molecule has 0 bridgehead atoms. The lowest BCUT2D eigenvalue weighted by Gasteiger charge is -2.09. The first-order valence-electron chi connectivity index (χ1n) is 6.86. The van der Waals surface area contributed by atoms with Crippen molar-refractivity contribution >= 4 is 33.0 Å². The van der Waals surface area contributed by atoms with Crippen LogP contribution in [0.15, 0.2) is 58.2 Å². The number of furan rings is 1. The molecule has 0 aliphatic heterocycles. The summed E-state index contributed by atoms with van der Waals surface area (Å²) in [5.41, 5.74) is 1.29. The van der Waals surface area contributed by atoms with Gasteiger partial charge in [0.25, 0.3) is 10.0 Å². The van der Waals surface area contributed by atoms with Crippen molar-refractivity contribution in [3.63, 3.8) is 0 Å². The van der Waals surface area contributed by atoms with Gasteiger partial charge in [-0.2, -0.15) is 0 Å². The lowest BCUT2D eigenvalue weighted by Crippen LogP contribution is -2.15. The maximum atomic E-state index is 12.6. The van der Waals surface area contributed by atoms with Crippen LogP contribution in [0, 0.1) is 6.92 Å². The quantitative estimate of drug-likeness (QED) is 0.718. The zero-order chi connectivity index (χ0) is 17.3. The van der Waals surface area contributed by atoms with E-state index in [1.807, 2.05) is 0 Å². The summed E-state index contributed by atoms with van der Waals surface area (Å²) in [6.07, 6.45) is 2.93. The van der Waals surface area contributed by atoms with Crippen LogP contribution in [0.2, 0.25) is 0 Å². The first kappa shape index (κ1) is 16.3. The largest absolute Gasteiger partial charge is 0.477 e. The molecule has 0 unspecified atom stereocenters. The Balaban J connectivity index is 2.03. The first-order valence-corrected chi connectivity index (χ1v) is 9.16. The standard InChI is InChI=1S/C16H13NO5S2/c1-10-4-2-3-5-14(10)24(20,21)17-12-8-13(11-6-7-22-9-11)23-15(12)16(18)19/h2-9,17H,1H3,(H,18,19). The molecule has 2 heterocycles. The molecule has 0 saturated carbocycles. The van der Waals surface area contributed by atoms with Crippen LogP contribution in [0.1, 0.15) is 15.2 Å². The average molecular weight is 363 g/mol. The van der Waals surface area contributed by atoms with Gasteiger partial charge in [0, 0.05) is 10.4 Å². The Kier molecular flexibility index (Phi) is 4.16. The second-order valence-corrected chi connectivity index (χ2v) is 7.74. The Morgan fingerprint density at radius 1 is 1.25 bits per heavy atom. The molecule has 0 aliphatic rings. The first-order chi connectivity index (χ1) is 11.4. The summed E-state index contributed by atoms with van der Waals surface area (Å²) in [5, 5.41) is 9.35. The van der Waals surface area contributed by atoms with E-state index in [2.05, 4.69) is 4.72 Å². The van der Waals surface area contributed by atoms with E-state index in [-0.39, 0.29) is 15.5 Å². The summed E-state index contributed by atoms with van der Waals surface area (Å²) in [6.45, 7) is 1.68. The lowest BCUT2D eigenvalue weighted by molar-refractivity contribution is 0.0703. The number of hydrogen-bond donors (Lipinski definition) is 2. The van der Waals surface area contributed by atoms with Crippen LogP contribution in [-0.2, 0) is 10.0 Å². The van der Waals surface area contributed by atoms with Gasteiger partial charge in [-0.05, 0) is 30.7 Å². The highest BCUT2D eigenvalue weighted by Crippen LogP contribution is 2.36. The number of rotatable bonds is 5. The van der Waals surface area contributed by atoms with Crippen LogP contribution >= 0.6 is 11.3 Å². The molecule has 3 aromatic rings. The number of aryl methyl sites for hydroxylation is 1. The smallest absolute Gasteiger partial charge is 0.348 e. The van der Waals surface area contributed by atoms with E-state index in [1.165, 1.54) is 24.7 Å². The maximum Gasteiger partial charge on any atom is 0.348 e. The van der Waals surface area contributed by atoms with Gasteiger partial charge in [-0.1, -0.05) is 18.2 Å². The fourth-order valence-corrected chi connectivity index (χ4v) is 4.54. The van der Waals surface area contributed by atoms with Crippen molar-refractivity contribution in [2.75, 3.05) is 4.72 Å². The number of nitrogens with one attached hydrogen (secondary N) is 1. The van der Waals surface area contributed by atoms with E-state index < -0.39 is 16.0 Å². The molecular formula is C16H13NO5S2. The molecule has 124 valence electrons. The molecule has 0 amide bonds. The molecule has 6 nitrogen and oxygen atoms in total. The molecule has 2 aromatic heterocycles. The van der Waals surface area contributed by atoms with Gasteiger partial charge in [0.2, 0.25) is 0 Å². The molecule has 0 fully saturated rings. The predicted molar refractivity (Wildman–Crippen MR) is 91.0 cm³/mol. The summed E-state index contributed by atoms with van der Waals surface area (Å²) in [5.74, 6) is -1.20. The second kappa shape index (κ2) is 6.14. The topological polar surface area (TPSA) is 96.6 Å². The summed E-state index contributed by atoms with van der Waals surface area (Å²) in [4.78, 5) is 12.1. The summed E-state index contributed by atoms with van der Waals surface area (Å²) in [7, 11) is -3.89. The predicted octanol–water partition coefficient (Wildman–Crippen LogP) is 3.82. The molecule has 1 aromatic carbocycles. The minimum atomic E-state index is -3.89. The molecule has 2 N–H and O–H groups in total. The Hall–Kier alpha value is -2.58. The third-order valence-corrected chi connectivity index (χ3v) is 6.06. The van der Waals surface area contributed by atoms with E-state index in [9.17, 15) is 18.3 Å². The van der Waals surface area contributed by atoms with Crippen molar-refractivity contribution in [1.29, 1.82) is 0 Å². The van der Waals surface area contributed by atoms with Gasteiger partial charge in [-0.15, -0.1) is 11.3 Å². The SMILES string of the molecule is Cc1ccccc1S(=O)(=O)Nc1cc(-c2ccoc2)sc1C(=O)O. The van der Waals surface area contributed by atoms with Crippen LogP contribution in [0.4, 0.5) is 5.69 Å². The average Bonchev–Trinajstić information content (AvgIpc) is 3.16. The Labute approximate surface area is 142 Å². The second-order valence-electron chi connectivity index (χ2n) is 5.04. The summed E-state index contributed by atoms with van der Waals surface area (Å²) >= 11 is 0.979. The van der Waals surface area contributed by atoms with Gasteiger partial charge in [0.05, 0.1) is 23.1 Å². The molecule has 0 atom stereocenters. The van der Waals surface area contributed by atoms with Gasteiger partial charge >= 0.3 is 5.97 Å². The fraction of sp³-hybridized carbons (Fsp3) is 0.0625. The maximum absolute atomic E-state index is 12.6. The summed E-state index contributed by atoms with van der Waals surface area (Å²) in [6, 6.07) is 9.67. The number of carbonyl (C=O) groups is 1. The van der Waals surface area contributed by atoms with Gasteiger partial charge < -0.3 is 9.52 Å². The van der Waals surface area contributed by atoms with Crippen molar-refractivity contribution in [2.45, 2.75) is 11.8 Å². The van der Waals surface area contributed by atoms with Crippen LogP contribution in [-0.4, -0.2) is 19.5 Å². The fourth-order valence-electron chi connectivity index (χ4n) is 2.23. The number of carboxylic acids is 1. The Morgan fingerprint density at radius 2 is 2.00 bits per heavy atom. The number of thiophene rings is 1. The molecule has 8 heteroatoms. The highest BCUT2D eigenvalue weighted by molar-refractivity contribution is 7.92. The number of benzene rings is 1. The molecule has 0 saturated heterocycles. The van der Waals surface area contributed by atoms with E-state index in [4.69, 9.17) is 4.42 Å². The van der Waals surface area contributed by atoms with Crippen molar-refractivity contribution in [3.8, 4) is 10.4 Å². The molecule has 24 heavy (non-hydrogen) atoms. The van der Waals surface area contributed by atoms with E-state index in [0.29, 0.717) is 16.0 Å². The number of anilines is 1. The molecular weight excluding hydrogens is 350 g/mol. The highest BCUT2D eigenvalue weighted by Gasteiger charge is 2.23. The van der Waals surface area contributed by atoms with E-state index >= 15 is 0 Å². The number of aromatic carboxylic acids is 1. The van der Waals surface area contributed by atoms with Crippen LogP contribution < -0.4 is 4.72 Å². The number of carboxylic acid groups (broad SMARTS) is 1. The van der Waals surface area contributed by atoms with Crippen molar-refractivity contribution in [3.05, 3.63) is 59.4 Å². The third-order valence-electron chi connectivity index (χ3n) is 3.36. The highest BCUT2D eigenvalue weighted by atomic mass is 32.2. The number of sulfonamides is 1. The molecule has 3 rings (SSSR count). The monoisotopic (exact) mass is 363 g/mol. The van der Waals surface area contributed by atoms with Crippen molar-refractivity contribution in [2.24, 2.45) is 0 Å². The van der Waals surface area contributed by atoms with Gasteiger partial charge in [0.1, 0.15) is 4.88 Å². The lowest BCUT2D eigenvalue weighted by atomic mass is 10.2.